The Kier molecular flexibility index (Phi) is 1.61. The van der Waals surface area contributed by atoms with Gasteiger partial charge in [-0.2, -0.15) is 0 Å². The van der Waals surface area contributed by atoms with Gasteiger partial charge in [0.05, 0.1) is 15.2 Å². The summed E-state index contributed by atoms with van der Waals surface area (Å²) >= 11 is 1.41. The number of hydrogen-bond donors (Lipinski definition) is 0. The number of thiazole rings is 1. The number of rotatable bonds is 0. The normalized spacial score (nSPS) is 10.9. The molecule has 3 heteroatoms. The molecule has 0 radical (unpaired) electrons. The molecule has 1 aromatic carbocycles. The largest absolute Gasteiger partial charge is 0.241 e. The third-order valence-electron chi connectivity index (χ3n) is 1.80. The second kappa shape index (κ2) is 2.52. The molecule has 0 aliphatic rings. The first-order valence-corrected chi connectivity index (χ1v) is 4.52. The van der Waals surface area contributed by atoms with E-state index in [1.54, 1.807) is 6.07 Å². The van der Waals surface area contributed by atoms with Gasteiger partial charge in [-0.3, -0.25) is 0 Å². The first-order valence-electron chi connectivity index (χ1n) is 3.71. The summed E-state index contributed by atoms with van der Waals surface area (Å²) in [6, 6.07) is 3.26. The van der Waals surface area contributed by atoms with Crippen LogP contribution in [0.2, 0.25) is 0 Å². The Morgan fingerprint density at radius 2 is 2.08 bits per heavy atom. The molecule has 1 nitrogen and oxygen atoms in total. The van der Waals surface area contributed by atoms with Crippen molar-refractivity contribution in [3.8, 4) is 0 Å². The number of nitrogens with zero attached hydrogens (tertiary/aromatic N) is 1. The zero-order valence-corrected chi connectivity index (χ0v) is 7.70. The van der Waals surface area contributed by atoms with Crippen molar-refractivity contribution < 1.29 is 4.39 Å². The van der Waals surface area contributed by atoms with E-state index in [1.807, 2.05) is 13.8 Å². The number of halogens is 1. The van der Waals surface area contributed by atoms with Gasteiger partial charge in [-0.05, 0) is 25.5 Å². The standard InChI is InChI=1S/C9H8FNS/c1-5-3-4-7(10)9-8(5)11-6(2)12-9/h3-4H,1-2H3. The monoisotopic (exact) mass is 181 g/mol. The summed E-state index contributed by atoms with van der Waals surface area (Å²) in [6.07, 6.45) is 0. The second-order valence-electron chi connectivity index (χ2n) is 2.77. The molecule has 0 saturated carbocycles. The van der Waals surface area contributed by atoms with Crippen LogP contribution in [-0.2, 0) is 0 Å². The average Bonchev–Trinajstić information content (AvgIpc) is 2.41. The van der Waals surface area contributed by atoms with E-state index < -0.39 is 0 Å². The van der Waals surface area contributed by atoms with Gasteiger partial charge in [0.2, 0.25) is 0 Å². The molecule has 62 valence electrons. The average molecular weight is 181 g/mol. The fourth-order valence-electron chi connectivity index (χ4n) is 1.21. The number of hydrogen-bond acceptors (Lipinski definition) is 2. The van der Waals surface area contributed by atoms with Gasteiger partial charge < -0.3 is 0 Å². The second-order valence-corrected chi connectivity index (χ2v) is 3.98. The SMILES string of the molecule is Cc1nc2c(C)ccc(F)c2s1. The Hall–Kier alpha value is -0.960. The summed E-state index contributed by atoms with van der Waals surface area (Å²) in [5.74, 6) is -0.166. The number of benzene rings is 1. The Labute approximate surface area is 73.9 Å². The van der Waals surface area contributed by atoms with Crippen LogP contribution in [0.25, 0.3) is 10.2 Å². The summed E-state index contributed by atoms with van der Waals surface area (Å²) in [6.45, 7) is 3.84. The maximum Gasteiger partial charge on any atom is 0.142 e. The van der Waals surface area contributed by atoms with Crippen LogP contribution in [0, 0.1) is 19.7 Å². The van der Waals surface area contributed by atoms with E-state index in [0.29, 0.717) is 4.70 Å². The maximum atomic E-state index is 13.1. The maximum absolute atomic E-state index is 13.1. The number of aryl methyl sites for hydroxylation is 2. The van der Waals surface area contributed by atoms with E-state index in [-0.39, 0.29) is 5.82 Å². The molecule has 0 unspecified atom stereocenters. The van der Waals surface area contributed by atoms with Crippen LogP contribution in [0.1, 0.15) is 10.6 Å². The minimum absolute atomic E-state index is 0.166. The van der Waals surface area contributed by atoms with Gasteiger partial charge in [0, 0.05) is 0 Å². The lowest BCUT2D eigenvalue weighted by atomic mass is 10.2. The van der Waals surface area contributed by atoms with E-state index >= 15 is 0 Å². The molecule has 0 fully saturated rings. The fourth-order valence-corrected chi connectivity index (χ4v) is 2.11. The summed E-state index contributed by atoms with van der Waals surface area (Å²) in [7, 11) is 0. The van der Waals surface area contributed by atoms with Gasteiger partial charge in [-0.15, -0.1) is 11.3 Å². The van der Waals surface area contributed by atoms with Crippen LogP contribution in [0.3, 0.4) is 0 Å². The molecular formula is C9H8FNS. The molecule has 0 saturated heterocycles. The molecule has 0 spiro atoms. The summed E-state index contributed by atoms with van der Waals surface area (Å²) < 4.78 is 13.8. The van der Waals surface area contributed by atoms with Crippen molar-refractivity contribution in [3.05, 3.63) is 28.5 Å². The van der Waals surface area contributed by atoms with Crippen LogP contribution < -0.4 is 0 Å². The highest BCUT2D eigenvalue weighted by Gasteiger charge is 2.07. The van der Waals surface area contributed by atoms with Gasteiger partial charge in [0.15, 0.2) is 0 Å². The quantitative estimate of drug-likeness (QED) is 0.608. The number of fused-ring (bicyclic) bond motifs is 1. The summed E-state index contributed by atoms with van der Waals surface area (Å²) in [5.41, 5.74) is 1.84. The molecule has 0 aliphatic carbocycles. The third-order valence-corrected chi connectivity index (χ3v) is 2.78. The highest BCUT2D eigenvalue weighted by atomic mass is 32.1. The van der Waals surface area contributed by atoms with Crippen molar-refractivity contribution in [2.45, 2.75) is 13.8 Å². The number of aromatic nitrogens is 1. The molecule has 0 amide bonds. The van der Waals surface area contributed by atoms with Crippen LogP contribution in [0.15, 0.2) is 12.1 Å². The summed E-state index contributed by atoms with van der Waals surface area (Å²) in [5, 5.41) is 0.915. The first-order chi connectivity index (χ1) is 5.68. The van der Waals surface area contributed by atoms with Gasteiger partial charge in [-0.1, -0.05) is 6.07 Å². The molecule has 12 heavy (non-hydrogen) atoms. The van der Waals surface area contributed by atoms with Crippen LogP contribution in [0.5, 0.6) is 0 Å². The fraction of sp³-hybridized carbons (Fsp3) is 0.222. The lowest BCUT2D eigenvalue weighted by molar-refractivity contribution is 0.641. The van der Waals surface area contributed by atoms with E-state index in [9.17, 15) is 4.39 Å². The molecule has 0 atom stereocenters. The van der Waals surface area contributed by atoms with Gasteiger partial charge in [-0.25, -0.2) is 9.37 Å². The summed E-state index contributed by atoms with van der Waals surface area (Å²) in [4.78, 5) is 4.25. The topological polar surface area (TPSA) is 12.9 Å². The van der Waals surface area contributed by atoms with E-state index in [1.165, 1.54) is 17.4 Å². The minimum atomic E-state index is -0.166. The van der Waals surface area contributed by atoms with Crippen molar-refractivity contribution in [1.82, 2.24) is 4.98 Å². The Morgan fingerprint density at radius 1 is 1.33 bits per heavy atom. The molecule has 0 bridgehead atoms. The predicted octanol–water partition coefficient (Wildman–Crippen LogP) is 3.05. The van der Waals surface area contributed by atoms with Crippen molar-refractivity contribution >= 4 is 21.6 Å². The smallest absolute Gasteiger partial charge is 0.142 e. The van der Waals surface area contributed by atoms with Crippen LogP contribution in [0.4, 0.5) is 4.39 Å². The van der Waals surface area contributed by atoms with E-state index in [4.69, 9.17) is 0 Å². The molecular weight excluding hydrogens is 173 g/mol. The molecule has 1 heterocycles. The Morgan fingerprint density at radius 3 is 2.75 bits per heavy atom. The van der Waals surface area contributed by atoms with Gasteiger partial charge in [0.1, 0.15) is 5.82 Å². The highest BCUT2D eigenvalue weighted by Crippen LogP contribution is 2.26. The van der Waals surface area contributed by atoms with Crippen molar-refractivity contribution in [2.24, 2.45) is 0 Å². The van der Waals surface area contributed by atoms with Crippen LogP contribution >= 0.6 is 11.3 Å². The predicted molar refractivity (Wildman–Crippen MR) is 49.1 cm³/mol. The lowest BCUT2D eigenvalue weighted by Gasteiger charge is -1.93. The molecule has 2 rings (SSSR count). The molecule has 2 aromatic rings. The molecule has 0 N–H and O–H groups in total. The van der Waals surface area contributed by atoms with Crippen molar-refractivity contribution in [2.75, 3.05) is 0 Å². The Bertz CT molecular complexity index is 394. The van der Waals surface area contributed by atoms with Crippen molar-refractivity contribution in [3.63, 3.8) is 0 Å². The lowest BCUT2D eigenvalue weighted by Crippen LogP contribution is -1.79. The molecule has 0 aliphatic heterocycles. The van der Waals surface area contributed by atoms with Crippen molar-refractivity contribution in [1.29, 1.82) is 0 Å². The first kappa shape index (κ1) is 7.68. The highest BCUT2D eigenvalue weighted by molar-refractivity contribution is 7.18. The minimum Gasteiger partial charge on any atom is -0.241 e. The van der Waals surface area contributed by atoms with E-state index in [0.717, 1.165) is 16.1 Å². The zero-order chi connectivity index (χ0) is 8.72. The van der Waals surface area contributed by atoms with Crippen LogP contribution in [-0.4, -0.2) is 4.98 Å². The van der Waals surface area contributed by atoms with Gasteiger partial charge >= 0.3 is 0 Å². The third kappa shape index (κ3) is 1.01. The zero-order valence-electron chi connectivity index (χ0n) is 6.89. The van der Waals surface area contributed by atoms with Gasteiger partial charge in [0.25, 0.3) is 0 Å². The molecule has 1 aromatic heterocycles. The van der Waals surface area contributed by atoms with E-state index in [2.05, 4.69) is 4.98 Å². The Balaban J connectivity index is 2.93.